The Balaban J connectivity index is 2.63. The van der Waals surface area contributed by atoms with Gasteiger partial charge in [0.15, 0.2) is 5.89 Å². The van der Waals surface area contributed by atoms with Crippen molar-refractivity contribution in [3.8, 4) is 0 Å². The molecule has 0 amide bonds. The van der Waals surface area contributed by atoms with Crippen molar-refractivity contribution in [1.82, 2.24) is 4.98 Å². The molecule has 3 nitrogen and oxygen atoms in total. The van der Waals surface area contributed by atoms with Crippen LogP contribution in [0.1, 0.15) is 51.7 Å². The van der Waals surface area contributed by atoms with E-state index in [0.717, 1.165) is 0 Å². The lowest BCUT2D eigenvalue weighted by Gasteiger charge is -2.24. The summed E-state index contributed by atoms with van der Waals surface area (Å²) in [4.78, 5) is 15.6. The molecule has 6 heteroatoms. The number of ketones is 1. The number of carbonyl (C=O) groups is 1. The summed E-state index contributed by atoms with van der Waals surface area (Å²) in [5.41, 5.74) is -0.417. The normalized spacial score (nSPS) is 12.7. The van der Waals surface area contributed by atoms with E-state index in [9.17, 15) is 18.0 Å². The Morgan fingerprint density at radius 3 is 2.32 bits per heavy atom. The molecule has 1 aromatic rings. The van der Waals surface area contributed by atoms with Crippen molar-refractivity contribution in [3.63, 3.8) is 0 Å². The number of Topliss-reactive ketones (excluding diaryl/α,β-unsaturated/α-hetero) is 1. The van der Waals surface area contributed by atoms with Crippen LogP contribution in [0.25, 0.3) is 0 Å². The maximum atomic E-state index is 12.3. The predicted molar refractivity (Wildman–Crippen MR) is 63.5 cm³/mol. The zero-order chi connectivity index (χ0) is 14.7. The number of aromatic nitrogens is 1. The number of carbonyl (C=O) groups excluding carboxylic acids is 1. The number of rotatable bonds is 6. The molecule has 1 aromatic heterocycles. The highest BCUT2D eigenvalue weighted by Crippen LogP contribution is 2.31. The van der Waals surface area contributed by atoms with Gasteiger partial charge >= 0.3 is 6.18 Å². The van der Waals surface area contributed by atoms with E-state index >= 15 is 0 Å². The fraction of sp³-hybridized carbons (Fsp3) is 0.692. The van der Waals surface area contributed by atoms with Gasteiger partial charge in [-0.15, -0.1) is 0 Å². The van der Waals surface area contributed by atoms with Gasteiger partial charge in [-0.1, -0.05) is 20.8 Å². The molecule has 1 heterocycles. The molecule has 0 aliphatic rings. The van der Waals surface area contributed by atoms with Gasteiger partial charge in [0, 0.05) is 18.3 Å². The molecule has 0 bridgehead atoms. The SMILES string of the molecule is CCC(C)(CC)C(=O)CCc1ncc(C(F)(F)F)o1. The minimum absolute atomic E-state index is 0.0317. The summed E-state index contributed by atoms with van der Waals surface area (Å²) in [6.45, 7) is 5.72. The Bertz CT molecular complexity index is 433. The van der Waals surface area contributed by atoms with Gasteiger partial charge in [0.2, 0.25) is 5.76 Å². The molecule has 0 atom stereocenters. The highest BCUT2D eigenvalue weighted by atomic mass is 19.4. The monoisotopic (exact) mass is 277 g/mol. The van der Waals surface area contributed by atoms with Gasteiger partial charge in [-0.3, -0.25) is 4.79 Å². The van der Waals surface area contributed by atoms with Gasteiger partial charge in [-0.2, -0.15) is 13.2 Å². The van der Waals surface area contributed by atoms with E-state index in [0.29, 0.717) is 19.0 Å². The van der Waals surface area contributed by atoms with Crippen LogP contribution in [0, 0.1) is 5.41 Å². The molecule has 0 radical (unpaired) electrons. The summed E-state index contributed by atoms with van der Waals surface area (Å²) >= 11 is 0. The number of alkyl halides is 3. The van der Waals surface area contributed by atoms with Crippen LogP contribution < -0.4 is 0 Å². The van der Waals surface area contributed by atoms with Gasteiger partial charge < -0.3 is 4.42 Å². The number of hydrogen-bond acceptors (Lipinski definition) is 3. The molecule has 108 valence electrons. The maximum absolute atomic E-state index is 12.3. The fourth-order valence-corrected chi connectivity index (χ4v) is 1.72. The molecular formula is C13H18F3NO2. The summed E-state index contributed by atoms with van der Waals surface area (Å²) in [5, 5.41) is 0. The first-order valence-corrected chi connectivity index (χ1v) is 6.28. The second-order valence-electron chi connectivity index (χ2n) is 4.81. The molecule has 0 fully saturated rings. The third-order valence-corrected chi connectivity index (χ3v) is 3.63. The zero-order valence-corrected chi connectivity index (χ0v) is 11.3. The van der Waals surface area contributed by atoms with Crippen LogP contribution in [-0.2, 0) is 17.4 Å². The van der Waals surface area contributed by atoms with Gasteiger partial charge in [0.05, 0.1) is 6.20 Å². The van der Waals surface area contributed by atoms with Crippen LogP contribution in [0.4, 0.5) is 13.2 Å². The van der Waals surface area contributed by atoms with Crippen molar-refractivity contribution < 1.29 is 22.4 Å². The Labute approximate surface area is 110 Å². The van der Waals surface area contributed by atoms with Crippen molar-refractivity contribution in [1.29, 1.82) is 0 Å². The van der Waals surface area contributed by atoms with Crippen LogP contribution in [0.2, 0.25) is 0 Å². The molecule has 0 spiro atoms. The Morgan fingerprint density at radius 1 is 1.32 bits per heavy atom. The quantitative estimate of drug-likeness (QED) is 0.788. The standard InChI is InChI=1S/C13H18F3NO2/c1-4-12(3,5-2)9(18)6-7-11-17-8-10(19-11)13(14,15)16/h8H,4-7H2,1-3H3. The van der Waals surface area contributed by atoms with Crippen molar-refractivity contribution in [2.24, 2.45) is 5.41 Å². The third kappa shape index (κ3) is 3.81. The minimum atomic E-state index is -4.53. The first-order chi connectivity index (χ1) is 8.73. The van der Waals surface area contributed by atoms with Crippen LogP contribution in [0.5, 0.6) is 0 Å². The van der Waals surface area contributed by atoms with Gasteiger partial charge in [0.25, 0.3) is 0 Å². The van der Waals surface area contributed by atoms with E-state index in [1.807, 2.05) is 20.8 Å². The van der Waals surface area contributed by atoms with Crippen molar-refractivity contribution >= 4 is 5.78 Å². The predicted octanol–water partition coefficient (Wildman–Crippen LogP) is 4.02. The van der Waals surface area contributed by atoms with Crippen LogP contribution >= 0.6 is 0 Å². The molecule has 1 rings (SSSR count). The molecule has 0 saturated carbocycles. The molecule has 0 unspecified atom stereocenters. The second kappa shape index (κ2) is 5.75. The van der Waals surface area contributed by atoms with Crippen molar-refractivity contribution in [3.05, 3.63) is 17.8 Å². The molecule has 0 saturated heterocycles. The van der Waals surface area contributed by atoms with E-state index < -0.39 is 17.4 Å². The molecular weight excluding hydrogens is 259 g/mol. The number of oxazole rings is 1. The highest BCUT2D eigenvalue weighted by Gasteiger charge is 2.36. The molecule has 0 aliphatic heterocycles. The van der Waals surface area contributed by atoms with Crippen molar-refractivity contribution in [2.45, 2.75) is 52.6 Å². The number of aryl methyl sites for hydroxylation is 1. The van der Waals surface area contributed by atoms with Crippen LogP contribution in [-0.4, -0.2) is 10.8 Å². The molecule has 0 aromatic carbocycles. The largest absolute Gasteiger partial charge is 0.451 e. The summed E-state index contributed by atoms with van der Waals surface area (Å²) < 4.78 is 41.5. The Hall–Kier alpha value is -1.33. The summed E-state index contributed by atoms with van der Waals surface area (Å²) in [6, 6.07) is 0. The van der Waals surface area contributed by atoms with Gasteiger partial charge in [-0.05, 0) is 12.8 Å². The van der Waals surface area contributed by atoms with Crippen molar-refractivity contribution in [2.75, 3.05) is 0 Å². The highest BCUT2D eigenvalue weighted by molar-refractivity contribution is 5.84. The fourth-order valence-electron chi connectivity index (χ4n) is 1.72. The summed E-state index contributed by atoms with van der Waals surface area (Å²) in [7, 11) is 0. The average molecular weight is 277 g/mol. The summed E-state index contributed by atoms with van der Waals surface area (Å²) in [5.74, 6) is -1.14. The summed E-state index contributed by atoms with van der Waals surface area (Å²) in [6.07, 6.45) is -2.21. The smallest absolute Gasteiger partial charge is 0.436 e. The first kappa shape index (κ1) is 15.7. The third-order valence-electron chi connectivity index (χ3n) is 3.63. The second-order valence-corrected chi connectivity index (χ2v) is 4.81. The van der Waals surface area contributed by atoms with Gasteiger partial charge in [-0.25, -0.2) is 4.98 Å². The van der Waals surface area contributed by atoms with Crippen LogP contribution in [0.15, 0.2) is 10.6 Å². The maximum Gasteiger partial charge on any atom is 0.451 e. The molecule has 0 N–H and O–H groups in total. The number of nitrogens with zero attached hydrogens (tertiary/aromatic N) is 1. The topological polar surface area (TPSA) is 43.1 Å². The van der Waals surface area contributed by atoms with E-state index in [-0.39, 0.29) is 24.5 Å². The minimum Gasteiger partial charge on any atom is -0.436 e. The number of halogens is 3. The Morgan fingerprint density at radius 2 is 1.89 bits per heavy atom. The van der Waals surface area contributed by atoms with Gasteiger partial charge in [0.1, 0.15) is 5.78 Å². The first-order valence-electron chi connectivity index (χ1n) is 6.28. The lowest BCUT2D eigenvalue weighted by Crippen LogP contribution is -2.26. The van der Waals surface area contributed by atoms with E-state index in [2.05, 4.69) is 9.40 Å². The lowest BCUT2D eigenvalue weighted by molar-refractivity contribution is -0.153. The van der Waals surface area contributed by atoms with Crippen LogP contribution in [0.3, 0.4) is 0 Å². The average Bonchev–Trinajstić information content (AvgIpc) is 2.83. The lowest BCUT2D eigenvalue weighted by atomic mass is 9.79. The zero-order valence-electron chi connectivity index (χ0n) is 11.3. The van der Waals surface area contributed by atoms with E-state index in [1.165, 1.54) is 0 Å². The number of hydrogen-bond donors (Lipinski definition) is 0. The Kier molecular flexibility index (Phi) is 4.76. The van der Waals surface area contributed by atoms with E-state index in [1.54, 1.807) is 0 Å². The molecule has 19 heavy (non-hydrogen) atoms. The van der Waals surface area contributed by atoms with E-state index in [4.69, 9.17) is 0 Å². The molecule has 0 aliphatic carbocycles.